The lowest BCUT2D eigenvalue weighted by Gasteiger charge is -2.26. The van der Waals surface area contributed by atoms with E-state index in [0.29, 0.717) is 6.04 Å². The summed E-state index contributed by atoms with van der Waals surface area (Å²) in [4.78, 5) is 23.0. The van der Waals surface area contributed by atoms with Crippen LogP contribution in [0.15, 0.2) is 24.4 Å². The number of hydrogen-bond donors (Lipinski definition) is 1. The molecule has 1 fully saturated rings. The highest BCUT2D eigenvalue weighted by molar-refractivity contribution is 7.15. The van der Waals surface area contributed by atoms with E-state index in [1.165, 1.54) is 29.8 Å². The molecule has 2 aliphatic carbocycles. The normalized spacial score (nSPS) is 21.2. The fourth-order valence-electron chi connectivity index (χ4n) is 3.76. The van der Waals surface area contributed by atoms with E-state index in [-0.39, 0.29) is 11.8 Å². The van der Waals surface area contributed by atoms with Crippen LogP contribution in [-0.2, 0) is 17.6 Å². The molecule has 0 bridgehead atoms. The van der Waals surface area contributed by atoms with Crippen LogP contribution >= 0.6 is 11.3 Å². The van der Waals surface area contributed by atoms with E-state index < -0.39 is 0 Å². The van der Waals surface area contributed by atoms with Gasteiger partial charge >= 0.3 is 0 Å². The highest BCUT2D eigenvalue weighted by Gasteiger charge is 2.29. The van der Waals surface area contributed by atoms with Gasteiger partial charge in [0, 0.05) is 23.0 Å². The zero-order valence-electron chi connectivity index (χ0n) is 13.8. The number of aryl methyl sites for hydroxylation is 1. The lowest BCUT2D eigenvalue weighted by molar-refractivity contribution is -0.126. The smallest absolute Gasteiger partial charge is 0.223 e. The van der Waals surface area contributed by atoms with E-state index >= 15 is 0 Å². The van der Waals surface area contributed by atoms with E-state index in [4.69, 9.17) is 4.98 Å². The number of aromatic nitrogens is 2. The minimum atomic E-state index is 0.108. The molecule has 1 amide bonds. The lowest BCUT2D eigenvalue weighted by Crippen LogP contribution is -2.41. The second kappa shape index (κ2) is 7.01. The molecular weight excluding hydrogens is 318 g/mol. The molecule has 4 rings (SSSR count). The molecule has 1 N–H and O–H groups in total. The van der Waals surface area contributed by atoms with Gasteiger partial charge in [-0.1, -0.05) is 25.3 Å². The summed E-state index contributed by atoms with van der Waals surface area (Å²) in [5.41, 5.74) is 2.10. The second-order valence-electron chi connectivity index (χ2n) is 6.89. The Hall–Kier alpha value is -1.75. The van der Waals surface area contributed by atoms with Gasteiger partial charge in [0.2, 0.25) is 5.91 Å². The Labute approximate surface area is 146 Å². The molecule has 0 spiro atoms. The van der Waals surface area contributed by atoms with Crippen molar-refractivity contribution < 1.29 is 4.79 Å². The van der Waals surface area contributed by atoms with Crippen LogP contribution in [0.25, 0.3) is 10.7 Å². The SMILES string of the molecule is O=C(NC1CCCCC1)C1CCc2nc(-c3ccccn3)sc2C1. The quantitative estimate of drug-likeness (QED) is 0.925. The van der Waals surface area contributed by atoms with Gasteiger partial charge < -0.3 is 5.32 Å². The maximum Gasteiger partial charge on any atom is 0.223 e. The Morgan fingerprint density at radius 2 is 2.04 bits per heavy atom. The number of fused-ring (bicyclic) bond motifs is 1. The van der Waals surface area contributed by atoms with Crippen molar-refractivity contribution in [2.45, 2.75) is 57.4 Å². The van der Waals surface area contributed by atoms with Crippen LogP contribution in [0.3, 0.4) is 0 Å². The van der Waals surface area contributed by atoms with Crippen LogP contribution < -0.4 is 5.32 Å². The number of rotatable bonds is 3. The van der Waals surface area contributed by atoms with Crippen LogP contribution in [0.5, 0.6) is 0 Å². The largest absolute Gasteiger partial charge is 0.353 e. The first kappa shape index (κ1) is 15.8. The summed E-state index contributed by atoms with van der Waals surface area (Å²) in [5.74, 6) is 0.358. The molecule has 0 aromatic carbocycles. The molecule has 0 saturated heterocycles. The van der Waals surface area contributed by atoms with Gasteiger partial charge in [0.25, 0.3) is 0 Å². The molecule has 0 aliphatic heterocycles. The van der Waals surface area contributed by atoms with Gasteiger partial charge in [-0.25, -0.2) is 4.98 Å². The standard InChI is InChI=1S/C19H23N3OS/c23-18(21-14-6-2-1-3-7-14)13-9-10-15-17(12-13)24-19(22-15)16-8-4-5-11-20-16/h4-5,8,11,13-14H,1-3,6-7,9-10,12H2,(H,21,23). The number of nitrogens with one attached hydrogen (secondary N) is 1. The molecule has 2 aliphatic rings. The summed E-state index contributed by atoms with van der Waals surface area (Å²) in [6, 6.07) is 6.31. The molecule has 4 nitrogen and oxygen atoms in total. The summed E-state index contributed by atoms with van der Waals surface area (Å²) in [7, 11) is 0. The number of carbonyl (C=O) groups excluding carboxylic acids is 1. The summed E-state index contributed by atoms with van der Waals surface area (Å²) in [5, 5.41) is 4.27. The average molecular weight is 341 g/mol. The Bertz CT molecular complexity index is 707. The fraction of sp³-hybridized carbons (Fsp3) is 0.526. The number of carbonyl (C=O) groups is 1. The van der Waals surface area contributed by atoms with Gasteiger partial charge in [-0.3, -0.25) is 9.78 Å². The number of amides is 1. The maximum absolute atomic E-state index is 12.6. The summed E-state index contributed by atoms with van der Waals surface area (Å²) < 4.78 is 0. The zero-order chi connectivity index (χ0) is 16.4. The van der Waals surface area contributed by atoms with Crippen LogP contribution in [0.1, 0.15) is 49.1 Å². The monoisotopic (exact) mass is 341 g/mol. The summed E-state index contributed by atoms with van der Waals surface area (Å²) in [6.07, 6.45) is 10.6. The van der Waals surface area contributed by atoms with E-state index in [1.54, 1.807) is 17.5 Å². The number of pyridine rings is 1. The van der Waals surface area contributed by atoms with E-state index in [9.17, 15) is 4.79 Å². The Balaban J connectivity index is 1.43. The molecule has 1 unspecified atom stereocenters. The molecule has 1 saturated carbocycles. The predicted octanol–water partition coefficient (Wildman–Crippen LogP) is 3.76. The number of hydrogen-bond acceptors (Lipinski definition) is 4. The molecule has 2 aromatic rings. The third-order valence-electron chi connectivity index (χ3n) is 5.15. The molecule has 24 heavy (non-hydrogen) atoms. The maximum atomic E-state index is 12.6. The first-order valence-electron chi connectivity index (χ1n) is 9.00. The first-order chi connectivity index (χ1) is 11.8. The first-order valence-corrected chi connectivity index (χ1v) is 9.81. The molecule has 126 valence electrons. The van der Waals surface area contributed by atoms with Gasteiger partial charge in [-0.05, 0) is 44.2 Å². The average Bonchev–Trinajstić information content (AvgIpc) is 3.06. The van der Waals surface area contributed by atoms with Gasteiger partial charge in [-0.2, -0.15) is 0 Å². The fourth-order valence-corrected chi connectivity index (χ4v) is 4.93. The van der Waals surface area contributed by atoms with Crippen molar-refractivity contribution in [3.63, 3.8) is 0 Å². The van der Waals surface area contributed by atoms with Crippen LogP contribution in [0, 0.1) is 5.92 Å². The topological polar surface area (TPSA) is 54.9 Å². The summed E-state index contributed by atoms with van der Waals surface area (Å²) in [6.45, 7) is 0. The van der Waals surface area contributed by atoms with Crippen LogP contribution in [0.4, 0.5) is 0 Å². The van der Waals surface area contributed by atoms with Crippen molar-refractivity contribution in [1.29, 1.82) is 0 Å². The Kier molecular flexibility index (Phi) is 4.60. The van der Waals surface area contributed by atoms with Crippen LogP contribution in [0.2, 0.25) is 0 Å². The minimum Gasteiger partial charge on any atom is -0.353 e. The molecule has 5 heteroatoms. The summed E-state index contributed by atoms with van der Waals surface area (Å²) >= 11 is 1.70. The van der Waals surface area contributed by atoms with Gasteiger partial charge in [0.05, 0.1) is 11.4 Å². The third-order valence-corrected chi connectivity index (χ3v) is 6.29. The van der Waals surface area contributed by atoms with Crippen LogP contribution in [-0.4, -0.2) is 21.9 Å². The number of nitrogens with zero attached hydrogens (tertiary/aromatic N) is 2. The highest BCUT2D eigenvalue weighted by atomic mass is 32.1. The molecule has 2 heterocycles. The zero-order valence-corrected chi connectivity index (χ0v) is 14.6. The Morgan fingerprint density at radius 1 is 1.17 bits per heavy atom. The third kappa shape index (κ3) is 3.36. The van der Waals surface area contributed by atoms with Gasteiger partial charge in [0.15, 0.2) is 0 Å². The minimum absolute atomic E-state index is 0.108. The van der Waals surface area contributed by atoms with Gasteiger partial charge in [-0.15, -0.1) is 11.3 Å². The molecular formula is C19H23N3OS. The number of thiazole rings is 1. The van der Waals surface area contributed by atoms with Crippen molar-refractivity contribution >= 4 is 17.2 Å². The second-order valence-corrected chi connectivity index (χ2v) is 7.97. The lowest BCUT2D eigenvalue weighted by atomic mass is 9.89. The van der Waals surface area contributed by atoms with Crippen molar-refractivity contribution in [1.82, 2.24) is 15.3 Å². The highest BCUT2D eigenvalue weighted by Crippen LogP contribution is 2.34. The van der Waals surface area contributed by atoms with E-state index in [1.807, 2.05) is 18.2 Å². The van der Waals surface area contributed by atoms with Crippen molar-refractivity contribution in [3.8, 4) is 10.7 Å². The molecule has 2 aromatic heterocycles. The molecule has 1 atom stereocenters. The predicted molar refractivity (Wildman–Crippen MR) is 95.9 cm³/mol. The Morgan fingerprint density at radius 3 is 2.83 bits per heavy atom. The van der Waals surface area contributed by atoms with E-state index in [0.717, 1.165) is 42.8 Å². The van der Waals surface area contributed by atoms with Crippen molar-refractivity contribution in [2.24, 2.45) is 5.92 Å². The van der Waals surface area contributed by atoms with Crippen molar-refractivity contribution in [2.75, 3.05) is 0 Å². The van der Waals surface area contributed by atoms with E-state index in [2.05, 4.69) is 10.3 Å². The van der Waals surface area contributed by atoms with Gasteiger partial charge in [0.1, 0.15) is 5.01 Å². The van der Waals surface area contributed by atoms with Crippen molar-refractivity contribution in [3.05, 3.63) is 35.0 Å². The molecule has 0 radical (unpaired) electrons.